The first kappa shape index (κ1) is 17.1. The minimum absolute atomic E-state index is 0.479. The number of rotatable bonds is 5. The fourth-order valence-electron chi connectivity index (χ4n) is 2.66. The van der Waals surface area contributed by atoms with Crippen LogP contribution in [0.1, 0.15) is 5.89 Å². The molecule has 8 heteroatoms. The quantitative estimate of drug-likeness (QED) is 0.812. The van der Waals surface area contributed by atoms with Crippen molar-refractivity contribution in [3.8, 4) is 11.3 Å². The minimum atomic E-state index is -3.33. The molecule has 1 fully saturated rings. The zero-order chi connectivity index (χ0) is 17.2. The molecule has 0 aliphatic carbocycles. The lowest BCUT2D eigenvalue weighted by Gasteiger charge is -2.34. The van der Waals surface area contributed by atoms with Crippen LogP contribution < -0.4 is 0 Å². The van der Waals surface area contributed by atoms with Gasteiger partial charge in [0.25, 0.3) is 10.2 Å². The van der Waals surface area contributed by atoms with Crippen LogP contribution in [-0.4, -0.2) is 67.2 Å². The lowest BCUT2D eigenvalue weighted by molar-refractivity contribution is 0.165. The SMILES string of the molecule is CN(C)S(=O)(=O)N1CCN(Cc2ncc(-c3ccccc3)o2)CC1. The molecule has 3 rings (SSSR count). The number of aromatic nitrogens is 1. The standard InChI is InChI=1S/C16H22N4O3S/c1-18(2)24(21,22)20-10-8-19(9-11-20)13-16-17-12-15(23-16)14-6-4-3-5-7-14/h3-7,12H,8-11,13H2,1-2H3. The Bertz CT molecular complexity index is 766. The topological polar surface area (TPSA) is 69.9 Å². The van der Waals surface area contributed by atoms with Crippen LogP contribution in [0.4, 0.5) is 0 Å². The number of hydrogen-bond acceptors (Lipinski definition) is 5. The van der Waals surface area contributed by atoms with Gasteiger partial charge in [0.15, 0.2) is 5.76 Å². The first-order valence-electron chi connectivity index (χ1n) is 7.87. The van der Waals surface area contributed by atoms with E-state index in [-0.39, 0.29) is 0 Å². The van der Waals surface area contributed by atoms with E-state index in [2.05, 4.69) is 9.88 Å². The monoisotopic (exact) mass is 350 g/mol. The molecule has 0 spiro atoms. The second kappa shape index (κ2) is 7.02. The Balaban J connectivity index is 1.58. The average molecular weight is 350 g/mol. The van der Waals surface area contributed by atoms with E-state index in [0.29, 0.717) is 38.6 Å². The lowest BCUT2D eigenvalue weighted by Crippen LogP contribution is -2.51. The molecule has 1 aliphatic heterocycles. The predicted molar refractivity (Wildman–Crippen MR) is 91.4 cm³/mol. The van der Waals surface area contributed by atoms with Gasteiger partial charge < -0.3 is 4.42 Å². The Labute approximate surface area is 142 Å². The maximum atomic E-state index is 12.1. The number of hydrogen-bond donors (Lipinski definition) is 0. The van der Waals surface area contributed by atoms with Gasteiger partial charge in [-0.25, -0.2) is 4.98 Å². The first-order chi connectivity index (χ1) is 11.5. The van der Waals surface area contributed by atoms with Crippen molar-refractivity contribution in [1.29, 1.82) is 0 Å². The zero-order valence-corrected chi connectivity index (χ0v) is 14.7. The van der Waals surface area contributed by atoms with E-state index in [1.54, 1.807) is 20.3 Å². The highest BCUT2D eigenvalue weighted by Crippen LogP contribution is 2.21. The van der Waals surface area contributed by atoms with Crippen molar-refractivity contribution >= 4 is 10.2 Å². The van der Waals surface area contributed by atoms with E-state index >= 15 is 0 Å². The normalized spacial score (nSPS) is 17.5. The van der Waals surface area contributed by atoms with Gasteiger partial charge >= 0.3 is 0 Å². The van der Waals surface area contributed by atoms with Crippen molar-refractivity contribution in [2.75, 3.05) is 40.3 Å². The molecule has 0 N–H and O–H groups in total. The van der Waals surface area contributed by atoms with Crippen LogP contribution in [0, 0.1) is 0 Å². The van der Waals surface area contributed by atoms with Gasteiger partial charge in [-0.3, -0.25) is 4.90 Å². The van der Waals surface area contributed by atoms with Gasteiger partial charge in [-0.1, -0.05) is 30.3 Å². The molecule has 0 saturated carbocycles. The van der Waals surface area contributed by atoms with Crippen LogP contribution in [0.2, 0.25) is 0 Å². The minimum Gasteiger partial charge on any atom is -0.439 e. The molecule has 24 heavy (non-hydrogen) atoms. The van der Waals surface area contributed by atoms with Gasteiger partial charge in [-0.05, 0) is 0 Å². The molecule has 0 atom stereocenters. The van der Waals surface area contributed by atoms with Crippen molar-refractivity contribution in [2.24, 2.45) is 0 Å². The van der Waals surface area contributed by atoms with E-state index in [1.807, 2.05) is 30.3 Å². The van der Waals surface area contributed by atoms with Gasteiger partial charge in [-0.2, -0.15) is 17.0 Å². The summed E-state index contributed by atoms with van der Waals surface area (Å²) in [5.41, 5.74) is 0.998. The summed E-state index contributed by atoms with van der Waals surface area (Å²) in [5, 5.41) is 0. The van der Waals surface area contributed by atoms with Crippen molar-refractivity contribution in [3.05, 3.63) is 42.4 Å². The van der Waals surface area contributed by atoms with Gasteiger partial charge in [0, 0.05) is 45.8 Å². The van der Waals surface area contributed by atoms with Gasteiger partial charge in [0.2, 0.25) is 5.89 Å². The molecule has 1 aliphatic rings. The van der Waals surface area contributed by atoms with Crippen LogP contribution in [0.3, 0.4) is 0 Å². The Kier molecular flexibility index (Phi) is 5.00. The van der Waals surface area contributed by atoms with Crippen molar-refractivity contribution in [2.45, 2.75) is 6.54 Å². The summed E-state index contributed by atoms with van der Waals surface area (Å²) in [5.74, 6) is 1.40. The second-order valence-electron chi connectivity index (χ2n) is 5.95. The van der Waals surface area contributed by atoms with E-state index in [1.165, 1.54) is 8.61 Å². The lowest BCUT2D eigenvalue weighted by atomic mass is 10.2. The van der Waals surface area contributed by atoms with E-state index in [4.69, 9.17) is 4.42 Å². The van der Waals surface area contributed by atoms with Gasteiger partial charge in [0.1, 0.15) is 0 Å². The molecule has 0 radical (unpaired) electrons. The van der Waals surface area contributed by atoms with Crippen LogP contribution in [0.15, 0.2) is 40.9 Å². The number of benzene rings is 1. The zero-order valence-electron chi connectivity index (χ0n) is 13.9. The highest BCUT2D eigenvalue weighted by atomic mass is 32.2. The fraction of sp³-hybridized carbons (Fsp3) is 0.438. The van der Waals surface area contributed by atoms with Crippen molar-refractivity contribution < 1.29 is 12.8 Å². The molecular weight excluding hydrogens is 328 g/mol. The second-order valence-corrected chi connectivity index (χ2v) is 8.09. The number of nitrogens with zero attached hydrogens (tertiary/aromatic N) is 4. The maximum Gasteiger partial charge on any atom is 0.281 e. The number of piperazine rings is 1. The summed E-state index contributed by atoms with van der Waals surface area (Å²) in [6.45, 7) is 2.87. The molecule has 2 heterocycles. The molecule has 0 amide bonds. The molecule has 1 saturated heterocycles. The molecule has 0 unspecified atom stereocenters. The third-order valence-electron chi connectivity index (χ3n) is 4.09. The summed E-state index contributed by atoms with van der Waals surface area (Å²) in [6.07, 6.45) is 1.73. The van der Waals surface area contributed by atoms with Crippen LogP contribution in [0.25, 0.3) is 11.3 Å². The number of oxazole rings is 1. The third kappa shape index (κ3) is 3.67. The molecule has 2 aromatic rings. The van der Waals surface area contributed by atoms with E-state index in [0.717, 1.165) is 11.3 Å². The molecular formula is C16H22N4O3S. The predicted octanol–water partition coefficient (Wildman–Crippen LogP) is 1.27. The Morgan fingerprint density at radius 1 is 1.12 bits per heavy atom. The smallest absolute Gasteiger partial charge is 0.281 e. The van der Waals surface area contributed by atoms with Crippen LogP contribution in [-0.2, 0) is 16.8 Å². The van der Waals surface area contributed by atoms with Crippen LogP contribution in [0.5, 0.6) is 0 Å². The summed E-state index contributed by atoms with van der Waals surface area (Å²) in [4.78, 5) is 6.49. The summed E-state index contributed by atoms with van der Waals surface area (Å²) < 4.78 is 32.8. The summed E-state index contributed by atoms with van der Waals surface area (Å²) in [7, 11) is -0.217. The molecule has 130 valence electrons. The molecule has 1 aromatic heterocycles. The first-order valence-corrected chi connectivity index (χ1v) is 9.26. The molecule has 1 aromatic carbocycles. The van der Waals surface area contributed by atoms with Gasteiger partial charge in [-0.15, -0.1) is 0 Å². The Morgan fingerprint density at radius 3 is 2.42 bits per heavy atom. The maximum absolute atomic E-state index is 12.1. The molecule has 0 bridgehead atoms. The summed E-state index contributed by atoms with van der Waals surface area (Å²) in [6, 6.07) is 9.84. The van der Waals surface area contributed by atoms with Gasteiger partial charge in [0.05, 0.1) is 12.7 Å². The highest BCUT2D eigenvalue weighted by Gasteiger charge is 2.28. The third-order valence-corrected chi connectivity index (χ3v) is 6.03. The Morgan fingerprint density at radius 2 is 1.79 bits per heavy atom. The summed E-state index contributed by atoms with van der Waals surface area (Å²) >= 11 is 0. The Hall–Kier alpha value is -1.74. The average Bonchev–Trinajstić information content (AvgIpc) is 3.04. The van der Waals surface area contributed by atoms with E-state index < -0.39 is 10.2 Å². The van der Waals surface area contributed by atoms with Crippen molar-refractivity contribution in [3.63, 3.8) is 0 Å². The highest BCUT2D eigenvalue weighted by molar-refractivity contribution is 7.86. The van der Waals surface area contributed by atoms with Crippen LogP contribution >= 0.6 is 0 Å². The fourth-order valence-corrected chi connectivity index (χ4v) is 3.75. The van der Waals surface area contributed by atoms with E-state index in [9.17, 15) is 8.42 Å². The largest absolute Gasteiger partial charge is 0.439 e. The van der Waals surface area contributed by atoms with Crippen molar-refractivity contribution in [1.82, 2.24) is 18.5 Å². The molecule has 7 nitrogen and oxygen atoms in total.